The van der Waals surface area contributed by atoms with Gasteiger partial charge in [0.05, 0.1) is 4.92 Å². The molecular formula is C11H13N3O4S. The number of hydrogen-bond donors (Lipinski definition) is 2. The Labute approximate surface area is 113 Å². The van der Waals surface area contributed by atoms with E-state index in [0.29, 0.717) is 6.54 Å². The first-order chi connectivity index (χ1) is 8.97. The number of rotatable bonds is 6. The molecule has 1 aromatic rings. The fraction of sp³-hybridized carbons (Fsp3) is 0.455. The molecule has 0 saturated heterocycles. The van der Waals surface area contributed by atoms with Gasteiger partial charge in [0.2, 0.25) is 0 Å². The summed E-state index contributed by atoms with van der Waals surface area (Å²) < 4.78 is 0.152. The molecule has 102 valence electrons. The number of hydrogen-bond acceptors (Lipinski definition) is 6. The van der Waals surface area contributed by atoms with Crippen LogP contribution in [0.5, 0.6) is 0 Å². The number of nitrogens with one attached hydrogen (secondary N) is 1. The van der Waals surface area contributed by atoms with Gasteiger partial charge in [-0.2, -0.15) is 11.8 Å². The van der Waals surface area contributed by atoms with Gasteiger partial charge in [-0.15, -0.1) is 0 Å². The maximum absolute atomic E-state index is 11.1. The van der Waals surface area contributed by atoms with Crippen LogP contribution in [0.2, 0.25) is 0 Å². The molecule has 19 heavy (non-hydrogen) atoms. The molecule has 1 aliphatic carbocycles. The third-order valence-corrected chi connectivity index (χ3v) is 4.55. The van der Waals surface area contributed by atoms with Crippen molar-refractivity contribution < 1.29 is 14.8 Å². The van der Waals surface area contributed by atoms with E-state index in [9.17, 15) is 14.9 Å². The van der Waals surface area contributed by atoms with E-state index < -0.39 is 10.9 Å². The summed E-state index contributed by atoms with van der Waals surface area (Å²) in [5.74, 6) is -1.05. The van der Waals surface area contributed by atoms with E-state index >= 15 is 0 Å². The fourth-order valence-electron chi connectivity index (χ4n) is 1.69. The van der Waals surface area contributed by atoms with E-state index in [2.05, 4.69) is 10.3 Å². The first-order valence-corrected chi connectivity index (χ1v) is 6.87. The van der Waals surface area contributed by atoms with Crippen LogP contribution in [0.4, 0.5) is 11.5 Å². The summed E-state index contributed by atoms with van der Waals surface area (Å²) in [7, 11) is 0. The minimum atomic E-state index is -1.23. The van der Waals surface area contributed by atoms with Crippen molar-refractivity contribution in [3.05, 3.63) is 27.9 Å². The monoisotopic (exact) mass is 283 g/mol. The molecule has 0 aliphatic heterocycles. The Morgan fingerprint density at radius 1 is 1.68 bits per heavy atom. The molecule has 8 heteroatoms. The molecule has 0 atom stereocenters. The SMILES string of the molecule is CSC1(CNc2ncc([N+](=O)[O-])cc2C(=O)O)CC1. The van der Waals surface area contributed by atoms with Crippen molar-refractivity contribution in [2.24, 2.45) is 0 Å². The highest BCUT2D eigenvalue weighted by Gasteiger charge is 2.41. The average molecular weight is 283 g/mol. The molecule has 1 saturated carbocycles. The molecule has 1 aliphatic rings. The molecule has 0 spiro atoms. The smallest absolute Gasteiger partial charge is 0.339 e. The van der Waals surface area contributed by atoms with Gasteiger partial charge in [-0.25, -0.2) is 9.78 Å². The van der Waals surface area contributed by atoms with Gasteiger partial charge in [-0.05, 0) is 19.1 Å². The van der Waals surface area contributed by atoms with Crippen molar-refractivity contribution in [1.82, 2.24) is 4.98 Å². The van der Waals surface area contributed by atoms with Gasteiger partial charge in [-0.3, -0.25) is 10.1 Å². The zero-order chi connectivity index (χ0) is 14.0. The van der Waals surface area contributed by atoms with E-state index in [1.807, 2.05) is 6.26 Å². The first kappa shape index (κ1) is 13.6. The van der Waals surface area contributed by atoms with E-state index in [1.54, 1.807) is 11.8 Å². The van der Waals surface area contributed by atoms with E-state index in [1.165, 1.54) is 0 Å². The maximum atomic E-state index is 11.1. The second kappa shape index (κ2) is 5.04. The van der Waals surface area contributed by atoms with Crippen molar-refractivity contribution in [3.8, 4) is 0 Å². The number of pyridine rings is 1. The van der Waals surface area contributed by atoms with Gasteiger partial charge < -0.3 is 10.4 Å². The Morgan fingerprint density at radius 3 is 2.84 bits per heavy atom. The minimum Gasteiger partial charge on any atom is -0.478 e. The van der Waals surface area contributed by atoms with Gasteiger partial charge in [-0.1, -0.05) is 0 Å². The Hall–Kier alpha value is -1.83. The predicted molar refractivity (Wildman–Crippen MR) is 71.8 cm³/mol. The van der Waals surface area contributed by atoms with E-state index in [0.717, 1.165) is 25.1 Å². The van der Waals surface area contributed by atoms with Crippen molar-refractivity contribution in [1.29, 1.82) is 0 Å². The van der Waals surface area contributed by atoms with Crippen LogP contribution in [0, 0.1) is 10.1 Å². The molecule has 0 bridgehead atoms. The lowest BCUT2D eigenvalue weighted by Crippen LogP contribution is -2.20. The van der Waals surface area contributed by atoms with Gasteiger partial charge in [0, 0.05) is 17.4 Å². The standard InChI is InChI=1S/C11H13N3O4S/c1-19-11(2-3-11)6-13-9-8(10(15)16)4-7(5-12-9)14(17)18/h4-5H,2-3,6H2,1H3,(H,12,13)(H,15,16). The molecule has 0 amide bonds. The number of thioether (sulfide) groups is 1. The minimum absolute atomic E-state index is 0.152. The zero-order valence-electron chi connectivity index (χ0n) is 10.3. The van der Waals surface area contributed by atoms with Crippen molar-refractivity contribution in [3.63, 3.8) is 0 Å². The Balaban J connectivity index is 2.19. The summed E-state index contributed by atoms with van der Waals surface area (Å²) in [4.78, 5) is 24.9. The zero-order valence-corrected chi connectivity index (χ0v) is 11.1. The fourth-order valence-corrected chi connectivity index (χ4v) is 2.42. The second-order valence-corrected chi connectivity index (χ2v) is 5.67. The highest BCUT2D eigenvalue weighted by atomic mass is 32.2. The highest BCUT2D eigenvalue weighted by Crippen LogP contribution is 2.47. The molecule has 0 aromatic carbocycles. The quantitative estimate of drug-likeness (QED) is 0.607. The molecule has 0 unspecified atom stereocenters. The number of nitrogens with zero attached hydrogens (tertiary/aromatic N) is 2. The molecule has 0 radical (unpaired) electrons. The lowest BCUT2D eigenvalue weighted by atomic mass is 10.2. The highest BCUT2D eigenvalue weighted by molar-refractivity contribution is 8.00. The Kier molecular flexibility index (Phi) is 3.61. The van der Waals surface area contributed by atoms with Gasteiger partial charge in [0.1, 0.15) is 17.6 Å². The number of carboxylic acid groups (broad SMARTS) is 1. The third-order valence-electron chi connectivity index (χ3n) is 3.13. The number of carbonyl (C=O) groups is 1. The summed E-state index contributed by atoms with van der Waals surface area (Å²) in [6, 6.07) is 1.02. The number of aromatic nitrogens is 1. The Morgan fingerprint density at radius 2 is 2.37 bits per heavy atom. The lowest BCUT2D eigenvalue weighted by molar-refractivity contribution is -0.385. The number of carboxylic acids is 1. The summed E-state index contributed by atoms with van der Waals surface area (Å²) in [5.41, 5.74) is -0.500. The molecule has 1 heterocycles. The topological polar surface area (TPSA) is 105 Å². The van der Waals surface area contributed by atoms with Crippen LogP contribution in [-0.4, -0.2) is 38.5 Å². The summed E-state index contributed by atoms with van der Waals surface area (Å²) >= 11 is 1.73. The van der Waals surface area contributed by atoms with Crippen LogP contribution < -0.4 is 5.32 Å². The lowest BCUT2D eigenvalue weighted by Gasteiger charge is -2.14. The van der Waals surface area contributed by atoms with Crippen LogP contribution in [0.25, 0.3) is 0 Å². The first-order valence-electron chi connectivity index (χ1n) is 5.64. The molecule has 1 aromatic heterocycles. The molecule has 2 rings (SSSR count). The number of nitro groups is 1. The van der Waals surface area contributed by atoms with E-state index in [-0.39, 0.29) is 21.8 Å². The largest absolute Gasteiger partial charge is 0.478 e. The van der Waals surface area contributed by atoms with Crippen LogP contribution in [0.1, 0.15) is 23.2 Å². The number of anilines is 1. The van der Waals surface area contributed by atoms with Gasteiger partial charge in [0.15, 0.2) is 0 Å². The molecule has 1 fully saturated rings. The van der Waals surface area contributed by atoms with E-state index in [4.69, 9.17) is 5.11 Å². The maximum Gasteiger partial charge on any atom is 0.339 e. The van der Waals surface area contributed by atoms with Crippen LogP contribution in [0.3, 0.4) is 0 Å². The predicted octanol–water partition coefficient (Wildman–Crippen LogP) is 2.00. The van der Waals surface area contributed by atoms with Crippen molar-refractivity contribution in [2.75, 3.05) is 18.1 Å². The molecular weight excluding hydrogens is 270 g/mol. The molecule has 2 N–H and O–H groups in total. The van der Waals surface area contributed by atoms with Gasteiger partial charge >= 0.3 is 5.97 Å². The summed E-state index contributed by atoms with van der Waals surface area (Å²) in [5, 5.41) is 22.7. The van der Waals surface area contributed by atoms with Crippen LogP contribution >= 0.6 is 11.8 Å². The average Bonchev–Trinajstić information content (AvgIpc) is 3.16. The van der Waals surface area contributed by atoms with Gasteiger partial charge in [0.25, 0.3) is 5.69 Å². The number of aromatic carboxylic acids is 1. The summed E-state index contributed by atoms with van der Waals surface area (Å²) in [6.07, 6.45) is 5.23. The van der Waals surface area contributed by atoms with Crippen LogP contribution in [0.15, 0.2) is 12.3 Å². The second-order valence-electron chi connectivity index (χ2n) is 4.39. The van der Waals surface area contributed by atoms with Crippen molar-refractivity contribution >= 4 is 29.2 Å². The van der Waals surface area contributed by atoms with Crippen LogP contribution in [-0.2, 0) is 0 Å². The third kappa shape index (κ3) is 2.95. The Bertz CT molecular complexity index is 531. The molecule has 7 nitrogen and oxygen atoms in total. The normalized spacial score (nSPS) is 15.8. The summed E-state index contributed by atoms with van der Waals surface area (Å²) in [6.45, 7) is 0.610. The van der Waals surface area contributed by atoms with Crippen molar-refractivity contribution in [2.45, 2.75) is 17.6 Å².